The molecule has 2 aromatic heterocycles. The first-order chi connectivity index (χ1) is 7.45. The monoisotopic (exact) mass is 212 g/mol. The molecular weight excluding hydrogens is 206 g/mol. The Hall–Kier alpha value is -1.81. The number of nitrogens with zero attached hydrogens (tertiary/aromatic N) is 3. The zero-order valence-corrected chi connectivity index (χ0v) is 8.53. The molecule has 0 spiro atoms. The highest BCUT2D eigenvalue weighted by Crippen LogP contribution is 2.24. The highest BCUT2D eigenvalue weighted by molar-refractivity contribution is 7.07. The van der Waals surface area contributed by atoms with Crippen LogP contribution in [0.1, 0.15) is 0 Å². The van der Waals surface area contributed by atoms with Crippen LogP contribution in [0.3, 0.4) is 0 Å². The maximum atomic E-state index is 4.26. The number of hydrogen-bond acceptors (Lipinski definition) is 4. The predicted molar refractivity (Wildman–Crippen MR) is 59.5 cm³/mol. The molecule has 3 rings (SSSR count). The van der Waals surface area contributed by atoms with Crippen LogP contribution in [0.25, 0.3) is 22.3 Å². The van der Waals surface area contributed by atoms with Gasteiger partial charge in [0.05, 0.1) is 5.52 Å². The van der Waals surface area contributed by atoms with Crippen LogP contribution in [0.4, 0.5) is 0 Å². The van der Waals surface area contributed by atoms with E-state index in [-0.39, 0.29) is 0 Å². The second-order valence-corrected chi connectivity index (χ2v) is 3.72. The first-order valence-corrected chi connectivity index (χ1v) is 5.35. The lowest BCUT2D eigenvalue weighted by Crippen LogP contribution is -1.88. The summed E-state index contributed by atoms with van der Waals surface area (Å²) >= 11 is 1.45. The Morgan fingerprint density at radius 3 is 2.93 bits per heavy atom. The van der Waals surface area contributed by atoms with E-state index in [1.165, 1.54) is 11.3 Å². The lowest BCUT2D eigenvalue weighted by atomic mass is 10.1. The predicted octanol–water partition coefficient (Wildman–Crippen LogP) is 2.55. The van der Waals surface area contributed by atoms with Gasteiger partial charge in [0.2, 0.25) is 0 Å². The fourth-order valence-corrected chi connectivity index (χ4v) is 1.98. The summed E-state index contributed by atoms with van der Waals surface area (Å²) < 4.78 is 0. The van der Waals surface area contributed by atoms with Crippen molar-refractivity contribution in [3.05, 3.63) is 41.5 Å². The molecular formula is C11H6N3S. The highest BCUT2D eigenvalue weighted by atomic mass is 32.1. The van der Waals surface area contributed by atoms with Crippen LogP contribution in [-0.2, 0) is 0 Å². The van der Waals surface area contributed by atoms with Gasteiger partial charge in [-0.3, -0.25) is 0 Å². The average Bonchev–Trinajstić information content (AvgIpc) is 2.82. The number of hydrogen-bond donors (Lipinski definition) is 0. The fourth-order valence-electron chi connectivity index (χ4n) is 1.50. The first kappa shape index (κ1) is 8.49. The van der Waals surface area contributed by atoms with E-state index in [0.717, 1.165) is 22.3 Å². The minimum absolute atomic E-state index is 0.860. The van der Waals surface area contributed by atoms with E-state index in [0.29, 0.717) is 0 Å². The Bertz CT molecular complexity index is 584. The third-order valence-electron chi connectivity index (χ3n) is 2.17. The van der Waals surface area contributed by atoms with Crippen molar-refractivity contribution in [2.24, 2.45) is 0 Å². The van der Waals surface area contributed by atoms with Crippen molar-refractivity contribution in [2.45, 2.75) is 0 Å². The molecule has 0 aliphatic heterocycles. The van der Waals surface area contributed by atoms with Gasteiger partial charge < -0.3 is 0 Å². The molecule has 0 bridgehead atoms. The van der Waals surface area contributed by atoms with Gasteiger partial charge in [-0.15, -0.1) is 11.3 Å². The molecule has 0 saturated heterocycles. The Kier molecular flexibility index (Phi) is 1.93. The summed E-state index contributed by atoms with van der Waals surface area (Å²) in [6.45, 7) is 0. The third kappa shape index (κ3) is 1.39. The van der Waals surface area contributed by atoms with E-state index < -0.39 is 0 Å². The number of rotatable bonds is 1. The Balaban J connectivity index is 2.36. The summed E-state index contributed by atoms with van der Waals surface area (Å²) in [5.41, 5.74) is 5.50. The molecule has 1 radical (unpaired) electrons. The van der Waals surface area contributed by atoms with Crippen LogP contribution < -0.4 is 0 Å². The van der Waals surface area contributed by atoms with Gasteiger partial charge in [0.15, 0.2) is 5.51 Å². The average molecular weight is 212 g/mol. The molecule has 0 aliphatic carbocycles. The number of para-hydroxylation sites is 1. The Labute approximate surface area is 90.5 Å². The van der Waals surface area contributed by atoms with E-state index >= 15 is 0 Å². The molecule has 15 heavy (non-hydrogen) atoms. The van der Waals surface area contributed by atoms with Crippen molar-refractivity contribution in [3.8, 4) is 11.4 Å². The maximum absolute atomic E-state index is 4.26. The standard InChI is InChI=1S/C11H6N3S/c1-2-4-9-8(3-1)11(13-6-12-9)10-5-15-7-14-10/h1-6H. The summed E-state index contributed by atoms with van der Waals surface area (Å²) in [5, 5.41) is 2.97. The number of aromatic nitrogens is 3. The van der Waals surface area contributed by atoms with Gasteiger partial charge in [-0.25, -0.2) is 15.0 Å². The van der Waals surface area contributed by atoms with Gasteiger partial charge in [-0.2, -0.15) is 0 Å². The molecule has 0 saturated carbocycles. The number of fused-ring (bicyclic) bond motifs is 1. The van der Waals surface area contributed by atoms with Gasteiger partial charge >= 0.3 is 0 Å². The van der Waals surface area contributed by atoms with Crippen LogP contribution in [-0.4, -0.2) is 15.0 Å². The lowest BCUT2D eigenvalue weighted by Gasteiger charge is -2.00. The molecule has 3 aromatic rings. The van der Waals surface area contributed by atoms with E-state index in [1.807, 2.05) is 29.6 Å². The minimum Gasteiger partial charge on any atom is -0.236 e. The lowest BCUT2D eigenvalue weighted by molar-refractivity contribution is 1.21. The first-order valence-electron chi connectivity index (χ1n) is 4.47. The molecule has 0 fully saturated rings. The second kappa shape index (κ2) is 3.40. The smallest absolute Gasteiger partial charge is 0.152 e. The van der Waals surface area contributed by atoms with Crippen molar-refractivity contribution < 1.29 is 0 Å². The normalized spacial score (nSPS) is 10.7. The molecule has 2 heterocycles. The summed E-state index contributed by atoms with van der Waals surface area (Å²) in [6, 6.07) is 7.91. The molecule has 4 heteroatoms. The van der Waals surface area contributed by atoms with Gasteiger partial charge in [0, 0.05) is 10.8 Å². The topological polar surface area (TPSA) is 38.7 Å². The minimum atomic E-state index is 0.860. The Morgan fingerprint density at radius 2 is 2.07 bits per heavy atom. The molecule has 71 valence electrons. The molecule has 0 unspecified atom stereocenters. The van der Waals surface area contributed by atoms with Crippen molar-refractivity contribution >= 4 is 22.2 Å². The summed E-state index contributed by atoms with van der Waals surface area (Å²) in [6.07, 6.45) is 1.57. The maximum Gasteiger partial charge on any atom is 0.152 e. The zero-order chi connectivity index (χ0) is 10.1. The van der Waals surface area contributed by atoms with Gasteiger partial charge in [-0.05, 0) is 6.07 Å². The van der Waals surface area contributed by atoms with E-state index in [4.69, 9.17) is 0 Å². The Morgan fingerprint density at radius 1 is 1.13 bits per heavy atom. The van der Waals surface area contributed by atoms with Crippen LogP contribution >= 0.6 is 11.3 Å². The van der Waals surface area contributed by atoms with Crippen LogP contribution in [0.15, 0.2) is 36.0 Å². The highest BCUT2D eigenvalue weighted by Gasteiger charge is 2.06. The van der Waals surface area contributed by atoms with Gasteiger partial charge in [0.25, 0.3) is 0 Å². The van der Waals surface area contributed by atoms with E-state index in [2.05, 4.69) is 20.5 Å². The van der Waals surface area contributed by atoms with Crippen LogP contribution in [0.2, 0.25) is 0 Å². The van der Waals surface area contributed by atoms with Gasteiger partial charge in [0.1, 0.15) is 17.7 Å². The summed E-state index contributed by atoms with van der Waals surface area (Å²) in [5.74, 6) is 0. The molecule has 0 amide bonds. The third-order valence-corrected chi connectivity index (χ3v) is 2.71. The van der Waals surface area contributed by atoms with Gasteiger partial charge in [-0.1, -0.05) is 18.2 Å². The van der Waals surface area contributed by atoms with Crippen molar-refractivity contribution in [3.63, 3.8) is 0 Å². The van der Waals surface area contributed by atoms with Crippen LogP contribution in [0, 0.1) is 5.51 Å². The molecule has 0 N–H and O–H groups in total. The molecule has 0 atom stereocenters. The van der Waals surface area contributed by atoms with Crippen LogP contribution in [0.5, 0.6) is 0 Å². The number of thiazole rings is 1. The molecule has 1 aromatic carbocycles. The second-order valence-electron chi connectivity index (χ2n) is 3.06. The zero-order valence-electron chi connectivity index (χ0n) is 7.71. The largest absolute Gasteiger partial charge is 0.236 e. The van der Waals surface area contributed by atoms with Crippen molar-refractivity contribution in [1.29, 1.82) is 0 Å². The quantitative estimate of drug-likeness (QED) is 0.622. The van der Waals surface area contributed by atoms with E-state index in [1.54, 1.807) is 6.33 Å². The SMILES string of the molecule is [c]1nc(-c2ncnc3ccccc23)cs1. The summed E-state index contributed by atoms with van der Waals surface area (Å²) in [4.78, 5) is 12.6. The fraction of sp³-hybridized carbons (Fsp3) is 0. The van der Waals surface area contributed by atoms with Crippen molar-refractivity contribution in [2.75, 3.05) is 0 Å². The molecule has 3 nitrogen and oxygen atoms in total. The number of benzene rings is 1. The van der Waals surface area contributed by atoms with E-state index in [9.17, 15) is 0 Å². The summed E-state index contributed by atoms with van der Waals surface area (Å²) in [7, 11) is 0. The van der Waals surface area contributed by atoms with Crippen molar-refractivity contribution in [1.82, 2.24) is 15.0 Å². The molecule has 0 aliphatic rings.